The minimum absolute atomic E-state index is 0.0320. The third-order valence-electron chi connectivity index (χ3n) is 5.86. The Morgan fingerprint density at radius 2 is 1.93 bits per heavy atom. The molecule has 2 fully saturated rings. The van der Waals surface area contributed by atoms with Crippen molar-refractivity contribution in [1.82, 2.24) is 19.4 Å². The fourth-order valence-corrected chi connectivity index (χ4v) is 5.31. The van der Waals surface area contributed by atoms with Crippen LogP contribution in [0.2, 0.25) is 0 Å². The van der Waals surface area contributed by atoms with Crippen LogP contribution in [0.3, 0.4) is 0 Å². The Bertz CT molecular complexity index is 1200. The Morgan fingerprint density at radius 3 is 2.66 bits per heavy atom. The Morgan fingerprint density at radius 1 is 1.14 bits per heavy atom. The maximum Gasteiger partial charge on any atom is 0.420 e. The second-order valence-corrected chi connectivity index (χ2v) is 9.58. The summed E-state index contributed by atoms with van der Waals surface area (Å²) in [6, 6.07) is 4.42. The number of benzene rings is 1. The van der Waals surface area contributed by atoms with E-state index < -0.39 is 15.8 Å². The molecule has 5 rings (SSSR count). The van der Waals surface area contributed by atoms with Gasteiger partial charge in [-0.15, -0.1) is 0 Å². The van der Waals surface area contributed by atoms with Gasteiger partial charge in [0.2, 0.25) is 15.9 Å². The number of rotatable bonds is 6. The SMILES string of the molecule is O=c1oc2cc(S(=O)(=O)NC3CCCC3)ccc2n1Cc1noc(C2CCC2)n1. The summed E-state index contributed by atoms with van der Waals surface area (Å²) in [5.74, 6) is 0.734. The van der Waals surface area contributed by atoms with Gasteiger partial charge in [-0.3, -0.25) is 4.57 Å². The maximum absolute atomic E-state index is 12.6. The normalized spacial score (nSPS) is 18.5. The van der Waals surface area contributed by atoms with E-state index >= 15 is 0 Å². The van der Waals surface area contributed by atoms with Crippen molar-refractivity contribution in [1.29, 1.82) is 0 Å². The Balaban J connectivity index is 1.41. The summed E-state index contributed by atoms with van der Waals surface area (Å²) in [5.41, 5.74) is 0.705. The van der Waals surface area contributed by atoms with Gasteiger partial charge in [-0.2, -0.15) is 4.98 Å². The molecule has 0 bridgehead atoms. The summed E-state index contributed by atoms with van der Waals surface area (Å²) in [5, 5.41) is 3.96. The topological polar surface area (TPSA) is 120 Å². The predicted octanol–water partition coefficient (Wildman–Crippen LogP) is 2.51. The molecule has 154 valence electrons. The largest absolute Gasteiger partial charge is 0.420 e. The highest BCUT2D eigenvalue weighted by atomic mass is 32.2. The Hall–Kier alpha value is -2.46. The van der Waals surface area contributed by atoms with E-state index in [9.17, 15) is 13.2 Å². The van der Waals surface area contributed by atoms with Gasteiger partial charge in [0.15, 0.2) is 11.4 Å². The van der Waals surface area contributed by atoms with E-state index in [-0.39, 0.29) is 23.1 Å². The molecule has 2 aliphatic carbocycles. The third kappa shape index (κ3) is 3.51. The number of hydrogen-bond donors (Lipinski definition) is 1. The molecule has 10 heteroatoms. The average Bonchev–Trinajstić information content (AvgIpc) is 3.35. The van der Waals surface area contributed by atoms with Crippen molar-refractivity contribution in [3.63, 3.8) is 0 Å². The molecule has 0 radical (unpaired) electrons. The number of fused-ring (bicyclic) bond motifs is 1. The summed E-state index contributed by atoms with van der Waals surface area (Å²) >= 11 is 0. The highest BCUT2D eigenvalue weighted by Crippen LogP contribution is 2.35. The van der Waals surface area contributed by atoms with E-state index in [4.69, 9.17) is 8.94 Å². The van der Waals surface area contributed by atoms with E-state index in [2.05, 4.69) is 14.9 Å². The first kappa shape index (κ1) is 18.6. The van der Waals surface area contributed by atoms with Crippen LogP contribution in [0.4, 0.5) is 0 Å². The summed E-state index contributed by atoms with van der Waals surface area (Å²) in [6.45, 7) is 0.106. The molecule has 1 aromatic carbocycles. The van der Waals surface area contributed by atoms with Crippen molar-refractivity contribution in [3.8, 4) is 0 Å². The van der Waals surface area contributed by atoms with Crippen molar-refractivity contribution >= 4 is 21.1 Å². The molecular weight excluding hydrogens is 396 g/mol. The molecule has 0 saturated heterocycles. The monoisotopic (exact) mass is 418 g/mol. The first-order valence-electron chi connectivity index (χ1n) is 9.98. The lowest BCUT2D eigenvalue weighted by Gasteiger charge is -2.20. The van der Waals surface area contributed by atoms with Crippen LogP contribution in [0.1, 0.15) is 62.6 Å². The molecule has 9 nitrogen and oxygen atoms in total. The number of nitrogens with zero attached hydrogens (tertiary/aromatic N) is 3. The van der Waals surface area contributed by atoms with Crippen LogP contribution < -0.4 is 10.5 Å². The molecule has 0 amide bonds. The predicted molar refractivity (Wildman–Crippen MR) is 103 cm³/mol. The Kier molecular flexibility index (Phi) is 4.54. The van der Waals surface area contributed by atoms with E-state index in [0.29, 0.717) is 23.1 Å². The second-order valence-electron chi connectivity index (χ2n) is 7.86. The van der Waals surface area contributed by atoms with E-state index in [1.54, 1.807) is 6.07 Å². The lowest BCUT2D eigenvalue weighted by Crippen LogP contribution is -2.32. The van der Waals surface area contributed by atoms with Crippen LogP contribution in [-0.4, -0.2) is 29.2 Å². The number of aromatic nitrogens is 3. The van der Waals surface area contributed by atoms with Crippen molar-refractivity contribution in [2.75, 3.05) is 0 Å². The van der Waals surface area contributed by atoms with Crippen LogP contribution in [0.5, 0.6) is 0 Å². The number of sulfonamides is 1. The van der Waals surface area contributed by atoms with E-state index in [1.807, 2.05) is 0 Å². The molecule has 3 aromatic rings. The van der Waals surface area contributed by atoms with Crippen LogP contribution in [0, 0.1) is 0 Å². The van der Waals surface area contributed by atoms with E-state index in [0.717, 1.165) is 44.9 Å². The first-order chi connectivity index (χ1) is 14.0. The highest BCUT2D eigenvalue weighted by Gasteiger charge is 2.26. The zero-order valence-corrected chi connectivity index (χ0v) is 16.7. The van der Waals surface area contributed by atoms with Gasteiger partial charge in [0.25, 0.3) is 0 Å². The third-order valence-corrected chi connectivity index (χ3v) is 7.38. The quantitative estimate of drug-likeness (QED) is 0.653. The standard InChI is InChI=1S/C19H22N4O5S/c24-19-23(11-17-20-18(28-21-17)12-4-3-5-12)15-9-8-14(10-16(15)27-19)29(25,26)22-13-6-1-2-7-13/h8-10,12-13,22H,1-7,11H2. The van der Waals surface area contributed by atoms with Gasteiger partial charge < -0.3 is 8.94 Å². The first-order valence-corrected chi connectivity index (χ1v) is 11.5. The smallest absolute Gasteiger partial charge is 0.408 e. The number of hydrogen-bond acceptors (Lipinski definition) is 7. The van der Waals surface area contributed by atoms with Gasteiger partial charge in [0.1, 0.15) is 0 Å². The summed E-state index contributed by atoms with van der Waals surface area (Å²) < 4.78 is 40.0. The summed E-state index contributed by atoms with van der Waals surface area (Å²) in [4.78, 5) is 16.8. The Labute approximate surface area is 167 Å². The lowest BCUT2D eigenvalue weighted by molar-refractivity contribution is 0.291. The molecule has 0 aliphatic heterocycles. The molecule has 2 heterocycles. The van der Waals surface area contributed by atoms with E-state index in [1.165, 1.54) is 16.7 Å². The van der Waals surface area contributed by atoms with Gasteiger partial charge in [-0.05, 0) is 37.8 Å². The molecular formula is C19H22N4O5S. The van der Waals surface area contributed by atoms with Gasteiger partial charge in [-0.25, -0.2) is 17.9 Å². The van der Waals surface area contributed by atoms with Crippen molar-refractivity contribution in [3.05, 3.63) is 40.5 Å². The fourth-order valence-electron chi connectivity index (χ4n) is 3.99. The zero-order chi connectivity index (χ0) is 20.0. The fraction of sp³-hybridized carbons (Fsp3) is 0.526. The van der Waals surface area contributed by atoms with Crippen molar-refractivity contribution < 1.29 is 17.4 Å². The summed E-state index contributed by atoms with van der Waals surface area (Å²) in [7, 11) is -3.66. The van der Waals surface area contributed by atoms with Gasteiger partial charge in [0.05, 0.1) is 17.0 Å². The number of oxazole rings is 1. The van der Waals surface area contributed by atoms with Crippen molar-refractivity contribution in [2.45, 2.75) is 68.3 Å². The van der Waals surface area contributed by atoms with Crippen molar-refractivity contribution in [2.24, 2.45) is 0 Å². The number of nitrogens with one attached hydrogen (secondary N) is 1. The summed E-state index contributed by atoms with van der Waals surface area (Å²) in [6.07, 6.45) is 7.01. The molecule has 0 spiro atoms. The van der Waals surface area contributed by atoms with Crippen LogP contribution in [-0.2, 0) is 16.6 Å². The van der Waals surface area contributed by atoms with Gasteiger partial charge in [0, 0.05) is 18.0 Å². The average molecular weight is 418 g/mol. The minimum atomic E-state index is -3.66. The zero-order valence-electron chi connectivity index (χ0n) is 15.8. The van der Waals surface area contributed by atoms with Crippen LogP contribution >= 0.6 is 0 Å². The molecule has 29 heavy (non-hydrogen) atoms. The molecule has 2 saturated carbocycles. The van der Waals surface area contributed by atoms with Crippen LogP contribution in [0.25, 0.3) is 11.1 Å². The van der Waals surface area contributed by atoms with Gasteiger partial charge >= 0.3 is 5.76 Å². The lowest BCUT2D eigenvalue weighted by atomic mass is 9.85. The molecule has 1 N–H and O–H groups in total. The molecule has 2 aliphatic rings. The highest BCUT2D eigenvalue weighted by molar-refractivity contribution is 7.89. The molecule has 0 atom stereocenters. The van der Waals surface area contributed by atoms with Crippen LogP contribution in [0.15, 0.2) is 36.8 Å². The maximum atomic E-state index is 12.6. The molecule has 0 unspecified atom stereocenters. The minimum Gasteiger partial charge on any atom is -0.408 e. The molecule has 2 aromatic heterocycles. The second kappa shape index (κ2) is 7.10. The van der Waals surface area contributed by atoms with Gasteiger partial charge in [-0.1, -0.05) is 24.4 Å².